The lowest BCUT2D eigenvalue weighted by Crippen LogP contribution is -2.40. The molecule has 1 aliphatic heterocycles. The summed E-state index contributed by atoms with van der Waals surface area (Å²) < 4.78 is 10.8. The second kappa shape index (κ2) is 9.60. The number of carbonyl (C=O) groups is 1. The Bertz CT molecular complexity index is 842. The summed E-state index contributed by atoms with van der Waals surface area (Å²) in [6.07, 6.45) is 3.59. The van der Waals surface area contributed by atoms with Crippen LogP contribution in [-0.2, 0) is 4.79 Å². The van der Waals surface area contributed by atoms with Crippen LogP contribution in [0.4, 0.5) is 5.82 Å². The van der Waals surface area contributed by atoms with Gasteiger partial charge in [-0.05, 0) is 43.0 Å². The molecule has 1 N–H and O–H groups in total. The molecule has 7 nitrogen and oxygen atoms in total. The van der Waals surface area contributed by atoms with Crippen LogP contribution < -0.4 is 19.7 Å². The summed E-state index contributed by atoms with van der Waals surface area (Å²) in [4.78, 5) is 18.6. The lowest BCUT2D eigenvalue weighted by Gasteiger charge is -2.33. The van der Waals surface area contributed by atoms with E-state index in [2.05, 4.69) is 21.3 Å². The summed E-state index contributed by atoms with van der Waals surface area (Å²) in [5.41, 5.74) is 0.600. The highest BCUT2D eigenvalue weighted by atomic mass is 16.5. The molecule has 0 atom stereocenters. The Morgan fingerprint density at radius 2 is 2.00 bits per heavy atom. The monoisotopic (exact) mass is 380 g/mol. The number of methoxy groups -OCH3 is 1. The number of ether oxygens (including phenoxy) is 2. The first kappa shape index (κ1) is 19.5. The fraction of sp³-hybridized carbons (Fsp3) is 0.381. The van der Waals surface area contributed by atoms with Gasteiger partial charge in [0.25, 0.3) is 5.91 Å². The summed E-state index contributed by atoms with van der Waals surface area (Å²) in [5.74, 6) is 2.16. The molecule has 2 heterocycles. The van der Waals surface area contributed by atoms with Gasteiger partial charge in [0.05, 0.1) is 12.7 Å². The van der Waals surface area contributed by atoms with E-state index in [1.807, 2.05) is 12.1 Å². The van der Waals surface area contributed by atoms with Crippen LogP contribution in [0.2, 0.25) is 0 Å². The number of benzene rings is 1. The van der Waals surface area contributed by atoms with E-state index in [4.69, 9.17) is 9.47 Å². The van der Waals surface area contributed by atoms with Gasteiger partial charge in [-0.2, -0.15) is 5.26 Å². The highest BCUT2D eigenvalue weighted by Crippen LogP contribution is 2.26. The highest BCUT2D eigenvalue weighted by Gasteiger charge is 2.22. The van der Waals surface area contributed by atoms with Gasteiger partial charge in [0.15, 0.2) is 18.1 Å². The first-order chi connectivity index (χ1) is 13.7. The fourth-order valence-electron chi connectivity index (χ4n) is 3.28. The lowest BCUT2D eigenvalue weighted by molar-refractivity contribution is -0.123. The van der Waals surface area contributed by atoms with Crippen LogP contribution in [0.5, 0.6) is 11.5 Å². The Hall–Kier alpha value is -3.27. The standard InChI is InChI=1S/C21H24N4O3/c1-27-18-6-2-3-7-19(18)28-15-20(26)24-14-16-8-11-25(12-9-16)21-17(13-22)5-4-10-23-21/h2-7,10,16H,8-9,11-12,14-15H2,1H3,(H,24,26). The number of piperidine rings is 1. The molecule has 1 amide bonds. The van der Waals surface area contributed by atoms with Crippen molar-refractivity contribution in [1.29, 1.82) is 5.26 Å². The Morgan fingerprint density at radius 3 is 2.71 bits per heavy atom. The number of nitrogens with zero attached hydrogens (tertiary/aromatic N) is 3. The molecule has 1 aromatic carbocycles. The fourth-order valence-corrected chi connectivity index (χ4v) is 3.28. The van der Waals surface area contributed by atoms with Crippen molar-refractivity contribution in [2.45, 2.75) is 12.8 Å². The molecule has 1 aromatic heterocycles. The predicted molar refractivity (Wildman–Crippen MR) is 105 cm³/mol. The molecule has 1 aliphatic rings. The number of pyridine rings is 1. The molecule has 0 radical (unpaired) electrons. The number of nitriles is 1. The van der Waals surface area contributed by atoms with Crippen molar-refractivity contribution in [3.63, 3.8) is 0 Å². The molecule has 28 heavy (non-hydrogen) atoms. The minimum atomic E-state index is -0.148. The Morgan fingerprint density at radius 1 is 1.25 bits per heavy atom. The largest absolute Gasteiger partial charge is 0.493 e. The van der Waals surface area contributed by atoms with Gasteiger partial charge in [0.1, 0.15) is 11.9 Å². The van der Waals surface area contributed by atoms with Gasteiger partial charge < -0.3 is 19.7 Å². The second-order valence-corrected chi connectivity index (χ2v) is 6.66. The zero-order valence-corrected chi connectivity index (χ0v) is 15.9. The van der Waals surface area contributed by atoms with Crippen LogP contribution in [0.3, 0.4) is 0 Å². The first-order valence-electron chi connectivity index (χ1n) is 9.34. The number of hydrogen-bond donors (Lipinski definition) is 1. The van der Waals surface area contributed by atoms with Crippen LogP contribution in [-0.4, -0.2) is 44.2 Å². The van der Waals surface area contributed by atoms with Crippen molar-refractivity contribution >= 4 is 11.7 Å². The molecule has 3 rings (SSSR count). The summed E-state index contributed by atoms with van der Waals surface area (Å²) >= 11 is 0. The van der Waals surface area contributed by atoms with Gasteiger partial charge in [0, 0.05) is 25.8 Å². The first-order valence-corrected chi connectivity index (χ1v) is 9.34. The number of nitrogens with one attached hydrogen (secondary N) is 1. The van der Waals surface area contributed by atoms with E-state index in [-0.39, 0.29) is 12.5 Å². The predicted octanol–water partition coefficient (Wildman–Crippen LogP) is 2.37. The van der Waals surface area contributed by atoms with Gasteiger partial charge in [-0.15, -0.1) is 0 Å². The number of anilines is 1. The maximum atomic E-state index is 12.1. The third kappa shape index (κ3) is 4.92. The average molecular weight is 380 g/mol. The number of hydrogen-bond acceptors (Lipinski definition) is 6. The Kier molecular flexibility index (Phi) is 6.68. The van der Waals surface area contributed by atoms with Gasteiger partial charge in [0.2, 0.25) is 0 Å². The SMILES string of the molecule is COc1ccccc1OCC(=O)NCC1CCN(c2ncccc2C#N)CC1. The summed E-state index contributed by atoms with van der Waals surface area (Å²) in [5, 5.41) is 12.2. The van der Waals surface area contributed by atoms with Gasteiger partial charge in [-0.25, -0.2) is 4.98 Å². The number of rotatable bonds is 7. The molecule has 7 heteroatoms. The van der Waals surface area contributed by atoms with Crippen molar-refractivity contribution in [3.8, 4) is 17.6 Å². The highest BCUT2D eigenvalue weighted by molar-refractivity contribution is 5.77. The average Bonchev–Trinajstić information content (AvgIpc) is 2.76. The third-order valence-corrected chi connectivity index (χ3v) is 4.84. The van der Waals surface area contributed by atoms with Gasteiger partial charge in [-0.1, -0.05) is 12.1 Å². The van der Waals surface area contributed by atoms with E-state index in [0.717, 1.165) is 31.7 Å². The second-order valence-electron chi connectivity index (χ2n) is 6.66. The van der Waals surface area contributed by atoms with Gasteiger partial charge >= 0.3 is 0 Å². The smallest absolute Gasteiger partial charge is 0.257 e. The van der Waals surface area contributed by atoms with E-state index in [0.29, 0.717) is 29.5 Å². The zero-order chi connectivity index (χ0) is 19.8. The molecule has 146 valence electrons. The van der Waals surface area contributed by atoms with E-state index in [9.17, 15) is 10.1 Å². The maximum Gasteiger partial charge on any atom is 0.257 e. The summed E-state index contributed by atoms with van der Waals surface area (Å²) in [6, 6.07) is 13.0. The number of para-hydroxylation sites is 2. The quantitative estimate of drug-likeness (QED) is 0.793. The molecule has 0 bridgehead atoms. The summed E-state index contributed by atoms with van der Waals surface area (Å²) in [6.45, 7) is 2.22. The van der Waals surface area contributed by atoms with Crippen LogP contribution in [0.25, 0.3) is 0 Å². The summed E-state index contributed by atoms with van der Waals surface area (Å²) in [7, 11) is 1.57. The molecule has 0 unspecified atom stereocenters. The minimum Gasteiger partial charge on any atom is -0.493 e. The molecule has 2 aromatic rings. The molecule has 1 saturated heterocycles. The Labute approximate surface area is 164 Å². The Balaban J connectivity index is 1.42. The molecule has 0 aliphatic carbocycles. The topological polar surface area (TPSA) is 87.5 Å². The van der Waals surface area contributed by atoms with Crippen molar-refractivity contribution in [3.05, 3.63) is 48.2 Å². The van der Waals surface area contributed by atoms with E-state index < -0.39 is 0 Å². The number of aromatic nitrogens is 1. The van der Waals surface area contributed by atoms with Crippen LogP contribution >= 0.6 is 0 Å². The molecule has 0 spiro atoms. The van der Waals surface area contributed by atoms with Crippen molar-refractivity contribution < 1.29 is 14.3 Å². The number of carbonyl (C=O) groups excluding carboxylic acids is 1. The van der Waals surface area contributed by atoms with Crippen LogP contribution in [0, 0.1) is 17.2 Å². The van der Waals surface area contributed by atoms with Crippen LogP contribution in [0.1, 0.15) is 18.4 Å². The van der Waals surface area contributed by atoms with E-state index in [1.165, 1.54) is 0 Å². The third-order valence-electron chi connectivity index (χ3n) is 4.84. The molecular weight excluding hydrogens is 356 g/mol. The lowest BCUT2D eigenvalue weighted by atomic mass is 9.96. The van der Waals surface area contributed by atoms with Crippen molar-refractivity contribution in [2.24, 2.45) is 5.92 Å². The molecule has 0 saturated carbocycles. The van der Waals surface area contributed by atoms with Gasteiger partial charge in [-0.3, -0.25) is 4.79 Å². The molecule has 1 fully saturated rings. The normalized spacial score (nSPS) is 14.2. The van der Waals surface area contributed by atoms with E-state index >= 15 is 0 Å². The zero-order valence-electron chi connectivity index (χ0n) is 15.9. The van der Waals surface area contributed by atoms with Crippen molar-refractivity contribution in [1.82, 2.24) is 10.3 Å². The van der Waals surface area contributed by atoms with Crippen LogP contribution in [0.15, 0.2) is 42.6 Å². The molecular formula is C21H24N4O3. The maximum absolute atomic E-state index is 12.1. The minimum absolute atomic E-state index is 0.0430. The van der Waals surface area contributed by atoms with E-state index in [1.54, 1.807) is 37.6 Å². The van der Waals surface area contributed by atoms with Crippen molar-refractivity contribution in [2.75, 3.05) is 38.3 Å². The number of amides is 1.